The Labute approximate surface area is 155 Å². The summed E-state index contributed by atoms with van der Waals surface area (Å²) in [6.07, 6.45) is 2.69. The minimum atomic E-state index is -3.61. The fourth-order valence-electron chi connectivity index (χ4n) is 3.14. The molecule has 0 atom stereocenters. The highest BCUT2D eigenvalue weighted by molar-refractivity contribution is 7.92. The van der Waals surface area contributed by atoms with E-state index in [9.17, 15) is 16.8 Å². The molecule has 1 N–H and O–H groups in total. The van der Waals surface area contributed by atoms with Crippen molar-refractivity contribution in [3.63, 3.8) is 0 Å². The third-order valence-corrected chi connectivity index (χ3v) is 6.86. The molecular formula is C18H22N2O4S2. The highest BCUT2D eigenvalue weighted by Gasteiger charge is 2.24. The third kappa shape index (κ3) is 4.19. The zero-order valence-corrected chi connectivity index (χ0v) is 16.4. The summed E-state index contributed by atoms with van der Waals surface area (Å²) < 4.78 is 53.0. The van der Waals surface area contributed by atoms with Crippen LogP contribution in [0.2, 0.25) is 0 Å². The lowest BCUT2D eigenvalue weighted by Gasteiger charge is -2.29. The van der Waals surface area contributed by atoms with Gasteiger partial charge in [-0.3, -0.25) is 9.03 Å². The Morgan fingerprint density at radius 2 is 1.81 bits per heavy atom. The summed E-state index contributed by atoms with van der Waals surface area (Å²) in [6.45, 7) is 2.28. The van der Waals surface area contributed by atoms with Gasteiger partial charge in [-0.1, -0.05) is 30.3 Å². The maximum Gasteiger partial charge on any atom is 0.236 e. The summed E-state index contributed by atoms with van der Waals surface area (Å²) in [7, 11) is -7.01. The van der Waals surface area contributed by atoms with Crippen LogP contribution in [0.3, 0.4) is 0 Å². The van der Waals surface area contributed by atoms with Gasteiger partial charge in [-0.15, -0.1) is 0 Å². The molecule has 0 fully saturated rings. The number of aryl methyl sites for hydroxylation is 2. The van der Waals surface area contributed by atoms with E-state index in [2.05, 4.69) is 4.72 Å². The van der Waals surface area contributed by atoms with Gasteiger partial charge in [0.15, 0.2) is 0 Å². The van der Waals surface area contributed by atoms with Crippen LogP contribution in [-0.4, -0.2) is 29.6 Å². The van der Waals surface area contributed by atoms with E-state index in [1.165, 1.54) is 4.31 Å². The maximum atomic E-state index is 12.5. The zero-order chi connectivity index (χ0) is 18.9. The molecule has 140 valence electrons. The number of sulfonamides is 2. The largest absolute Gasteiger partial charge is 0.283 e. The average Bonchev–Trinajstić information content (AvgIpc) is 2.55. The number of anilines is 2. The van der Waals surface area contributed by atoms with Gasteiger partial charge >= 0.3 is 0 Å². The smallest absolute Gasteiger partial charge is 0.236 e. The van der Waals surface area contributed by atoms with Crippen molar-refractivity contribution < 1.29 is 16.8 Å². The zero-order valence-electron chi connectivity index (χ0n) is 14.8. The molecule has 1 aliphatic rings. The van der Waals surface area contributed by atoms with E-state index in [0.29, 0.717) is 17.9 Å². The van der Waals surface area contributed by atoms with Gasteiger partial charge in [0, 0.05) is 6.54 Å². The van der Waals surface area contributed by atoms with Crippen molar-refractivity contribution in [3.8, 4) is 0 Å². The molecule has 1 heterocycles. The molecule has 0 saturated heterocycles. The molecule has 26 heavy (non-hydrogen) atoms. The lowest BCUT2D eigenvalue weighted by molar-refractivity contribution is 0.592. The summed E-state index contributed by atoms with van der Waals surface area (Å²) in [4.78, 5) is 0. The Morgan fingerprint density at radius 3 is 2.50 bits per heavy atom. The van der Waals surface area contributed by atoms with Crippen LogP contribution in [0.1, 0.15) is 23.1 Å². The van der Waals surface area contributed by atoms with Gasteiger partial charge in [-0.05, 0) is 48.6 Å². The minimum Gasteiger partial charge on any atom is -0.283 e. The summed E-state index contributed by atoms with van der Waals surface area (Å²) in [5.74, 6) is -0.132. The van der Waals surface area contributed by atoms with Crippen molar-refractivity contribution in [1.82, 2.24) is 0 Å². The van der Waals surface area contributed by atoms with Crippen molar-refractivity contribution in [2.75, 3.05) is 21.8 Å². The second kappa shape index (κ2) is 6.92. The molecule has 2 aromatic rings. The first-order valence-electron chi connectivity index (χ1n) is 8.31. The first-order chi connectivity index (χ1) is 12.2. The Kier molecular flexibility index (Phi) is 4.98. The molecule has 0 saturated carbocycles. The standard InChI is InChI=1S/C18H22N2O4S2/c1-14-6-3-4-7-16(14)13-26(23,24)19-17-10-9-15-8-5-11-20(18(15)12-17)25(2,21)22/h3-4,6-7,9-10,12,19H,5,8,11,13H2,1-2H3. The van der Waals surface area contributed by atoms with E-state index in [4.69, 9.17) is 0 Å². The molecule has 0 amide bonds. The van der Waals surface area contributed by atoms with Crippen LogP contribution in [0.25, 0.3) is 0 Å². The monoisotopic (exact) mass is 394 g/mol. The average molecular weight is 395 g/mol. The van der Waals surface area contributed by atoms with Crippen LogP contribution in [0.4, 0.5) is 11.4 Å². The topological polar surface area (TPSA) is 83.6 Å². The molecule has 6 nitrogen and oxygen atoms in total. The lowest BCUT2D eigenvalue weighted by Crippen LogP contribution is -2.34. The van der Waals surface area contributed by atoms with Crippen LogP contribution in [-0.2, 0) is 32.2 Å². The molecule has 3 rings (SSSR count). The lowest BCUT2D eigenvalue weighted by atomic mass is 10.0. The van der Waals surface area contributed by atoms with Crippen LogP contribution in [0.15, 0.2) is 42.5 Å². The quantitative estimate of drug-likeness (QED) is 0.845. The molecule has 0 spiro atoms. The van der Waals surface area contributed by atoms with Gasteiger partial charge in [0.1, 0.15) is 0 Å². The van der Waals surface area contributed by atoms with Crippen molar-refractivity contribution in [2.45, 2.75) is 25.5 Å². The van der Waals surface area contributed by atoms with E-state index < -0.39 is 20.0 Å². The molecule has 0 unspecified atom stereocenters. The van der Waals surface area contributed by atoms with Crippen LogP contribution in [0, 0.1) is 6.92 Å². The fourth-order valence-corrected chi connectivity index (χ4v) is 5.42. The van der Waals surface area contributed by atoms with E-state index in [0.717, 1.165) is 35.8 Å². The molecule has 0 bridgehead atoms. The number of rotatable bonds is 5. The van der Waals surface area contributed by atoms with Gasteiger partial charge in [0.25, 0.3) is 0 Å². The molecular weight excluding hydrogens is 372 g/mol. The molecule has 0 aromatic heterocycles. The molecule has 1 aliphatic heterocycles. The number of nitrogens with one attached hydrogen (secondary N) is 1. The summed E-state index contributed by atoms with van der Waals surface area (Å²) in [6, 6.07) is 12.4. The number of hydrogen-bond acceptors (Lipinski definition) is 4. The van der Waals surface area contributed by atoms with E-state index in [1.807, 2.05) is 19.1 Å². The first-order valence-corrected chi connectivity index (χ1v) is 11.8. The summed E-state index contributed by atoms with van der Waals surface area (Å²) >= 11 is 0. The third-order valence-electron chi connectivity index (χ3n) is 4.44. The van der Waals surface area contributed by atoms with Crippen LogP contribution >= 0.6 is 0 Å². The number of benzene rings is 2. The number of nitrogens with zero attached hydrogens (tertiary/aromatic N) is 1. The van der Waals surface area contributed by atoms with Crippen molar-refractivity contribution >= 4 is 31.4 Å². The predicted octanol–water partition coefficient (Wildman–Crippen LogP) is 2.65. The second-order valence-corrected chi connectivity index (χ2v) is 10.2. The Balaban J connectivity index is 1.88. The second-order valence-electron chi connectivity index (χ2n) is 6.57. The Bertz CT molecular complexity index is 1030. The van der Waals surface area contributed by atoms with Gasteiger partial charge in [0.2, 0.25) is 20.0 Å². The Morgan fingerprint density at radius 1 is 1.08 bits per heavy atom. The van der Waals surface area contributed by atoms with Crippen molar-refractivity contribution in [1.29, 1.82) is 0 Å². The van der Waals surface area contributed by atoms with Crippen molar-refractivity contribution in [3.05, 3.63) is 59.2 Å². The highest BCUT2D eigenvalue weighted by Crippen LogP contribution is 2.32. The Hall–Kier alpha value is -2.06. The van der Waals surface area contributed by atoms with E-state index in [-0.39, 0.29) is 5.75 Å². The van der Waals surface area contributed by atoms with E-state index >= 15 is 0 Å². The first kappa shape index (κ1) is 18.7. The molecule has 0 radical (unpaired) electrons. The SMILES string of the molecule is Cc1ccccc1CS(=O)(=O)Nc1ccc2c(c1)N(S(C)(=O)=O)CCC2. The predicted molar refractivity (Wildman–Crippen MR) is 104 cm³/mol. The molecule has 0 aliphatic carbocycles. The number of fused-ring (bicyclic) bond motifs is 1. The van der Waals surface area contributed by atoms with Crippen LogP contribution < -0.4 is 9.03 Å². The fraction of sp³-hybridized carbons (Fsp3) is 0.333. The normalized spacial score (nSPS) is 14.8. The maximum absolute atomic E-state index is 12.5. The van der Waals surface area contributed by atoms with Gasteiger partial charge in [-0.25, -0.2) is 16.8 Å². The highest BCUT2D eigenvalue weighted by atomic mass is 32.2. The van der Waals surface area contributed by atoms with Gasteiger partial charge in [0.05, 0.1) is 23.4 Å². The van der Waals surface area contributed by atoms with Gasteiger partial charge < -0.3 is 0 Å². The van der Waals surface area contributed by atoms with Gasteiger partial charge in [-0.2, -0.15) is 0 Å². The summed E-state index contributed by atoms with van der Waals surface area (Å²) in [5.41, 5.74) is 3.47. The summed E-state index contributed by atoms with van der Waals surface area (Å²) in [5, 5.41) is 0. The van der Waals surface area contributed by atoms with Crippen molar-refractivity contribution in [2.24, 2.45) is 0 Å². The minimum absolute atomic E-state index is 0.132. The molecule has 2 aromatic carbocycles. The molecule has 8 heteroatoms. The van der Waals surface area contributed by atoms with Crippen LogP contribution in [0.5, 0.6) is 0 Å². The van der Waals surface area contributed by atoms with E-state index in [1.54, 1.807) is 30.3 Å². The number of hydrogen-bond donors (Lipinski definition) is 1.